The van der Waals surface area contributed by atoms with Gasteiger partial charge in [-0.25, -0.2) is 0 Å². The molecule has 12 heavy (non-hydrogen) atoms. The average Bonchev–Trinajstić information content (AvgIpc) is 2.10. The standard InChI is InChI=1S/C5H5N.C2H6.CH3NO2/c1-2-4-6-5-3-1;1-2;1-2(3)4/h1-5H;1-2H3;1H3. The lowest BCUT2D eigenvalue weighted by Gasteiger charge is -1.70. The lowest BCUT2D eigenvalue weighted by Crippen LogP contribution is -1.79. The zero-order valence-corrected chi connectivity index (χ0v) is 7.60. The molecule has 1 heterocycles. The van der Waals surface area contributed by atoms with E-state index in [0.29, 0.717) is 0 Å². The number of hydrogen-bond acceptors (Lipinski definition) is 3. The van der Waals surface area contributed by atoms with Gasteiger partial charge in [-0.1, -0.05) is 19.9 Å². The summed E-state index contributed by atoms with van der Waals surface area (Å²) in [7, 11) is 0.889. The molecular formula is C8H14N2O2. The molecule has 0 saturated heterocycles. The first-order chi connectivity index (χ1) is 5.73. The molecule has 0 bridgehead atoms. The van der Waals surface area contributed by atoms with Gasteiger partial charge in [0.15, 0.2) is 7.05 Å². The summed E-state index contributed by atoms with van der Waals surface area (Å²) in [5.74, 6) is 0. The second-order valence-electron chi connectivity index (χ2n) is 1.46. The summed E-state index contributed by atoms with van der Waals surface area (Å²) in [4.78, 5) is 12.1. The maximum atomic E-state index is 8.81. The van der Waals surface area contributed by atoms with Gasteiger partial charge in [-0.3, -0.25) is 15.1 Å². The number of pyridine rings is 1. The van der Waals surface area contributed by atoms with E-state index in [0.717, 1.165) is 7.05 Å². The Balaban J connectivity index is 0. The van der Waals surface area contributed by atoms with Crippen molar-refractivity contribution >= 4 is 0 Å². The predicted molar refractivity (Wildman–Crippen MR) is 48.5 cm³/mol. The molecule has 0 saturated carbocycles. The maximum absolute atomic E-state index is 8.81. The number of hydrogen-bond donors (Lipinski definition) is 0. The SMILES string of the molecule is CC.C[N+](=O)[O-].c1ccncc1. The van der Waals surface area contributed by atoms with Gasteiger partial charge in [0.1, 0.15) is 0 Å². The molecule has 0 N–H and O–H groups in total. The van der Waals surface area contributed by atoms with Crippen molar-refractivity contribution in [1.82, 2.24) is 4.98 Å². The minimum absolute atomic E-state index is 0.500. The third-order valence-corrected chi connectivity index (χ3v) is 0.566. The van der Waals surface area contributed by atoms with Crippen molar-refractivity contribution in [3.63, 3.8) is 0 Å². The third-order valence-electron chi connectivity index (χ3n) is 0.566. The second kappa shape index (κ2) is 12.2. The van der Waals surface area contributed by atoms with Crippen LogP contribution in [0.15, 0.2) is 30.6 Å². The van der Waals surface area contributed by atoms with E-state index in [1.807, 2.05) is 32.0 Å². The van der Waals surface area contributed by atoms with Crippen molar-refractivity contribution < 1.29 is 4.92 Å². The van der Waals surface area contributed by atoms with Crippen LogP contribution >= 0.6 is 0 Å². The number of nitrogens with zero attached hydrogens (tertiary/aromatic N) is 2. The molecule has 1 rings (SSSR count). The first-order valence-corrected chi connectivity index (χ1v) is 3.66. The molecular weight excluding hydrogens is 156 g/mol. The maximum Gasteiger partial charge on any atom is 0.194 e. The van der Waals surface area contributed by atoms with Crippen molar-refractivity contribution in [3.05, 3.63) is 40.7 Å². The fourth-order valence-electron chi connectivity index (χ4n) is 0.313. The molecule has 1 aromatic heterocycles. The molecule has 0 spiro atoms. The fourth-order valence-corrected chi connectivity index (χ4v) is 0.313. The Bertz CT molecular complexity index is 147. The molecule has 0 amide bonds. The molecule has 0 atom stereocenters. The number of rotatable bonds is 0. The van der Waals surface area contributed by atoms with E-state index < -0.39 is 4.92 Å². The first kappa shape index (κ1) is 13.2. The minimum atomic E-state index is -0.500. The van der Waals surface area contributed by atoms with Gasteiger partial charge in [-0.2, -0.15) is 0 Å². The minimum Gasteiger partial charge on any atom is -0.265 e. The van der Waals surface area contributed by atoms with Crippen LogP contribution < -0.4 is 0 Å². The average molecular weight is 170 g/mol. The van der Waals surface area contributed by atoms with Gasteiger partial charge < -0.3 is 0 Å². The summed E-state index contributed by atoms with van der Waals surface area (Å²) >= 11 is 0. The summed E-state index contributed by atoms with van der Waals surface area (Å²) in [6.07, 6.45) is 3.50. The smallest absolute Gasteiger partial charge is 0.194 e. The van der Waals surface area contributed by atoms with Crippen molar-refractivity contribution in [2.75, 3.05) is 7.05 Å². The highest BCUT2D eigenvalue weighted by Crippen LogP contribution is 1.73. The Kier molecular flexibility index (Phi) is 13.4. The predicted octanol–water partition coefficient (Wildman–Crippen LogP) is 2.00. The van der Waals surface area contributed by atoms with Gasteiger partial charge in [0.25, 0.3) is 0 Å². The van der Waals surface area contributed by atoms with Crippen molar-refractivity contribution in [2.45, 2.75) is 13.8 Å². The highest BCUT2D eigenvalue weighted by molar-refractivity contribution is 4.88. The molecule has 0 aliphatic carbocycles. The topological polar surface area (TPSA) is 56.0 Å². The number of nitro groups is 1. The largest absolute Gasteiger partial charge is 0.265 e. The molecule has 0 aliphatic rings. The molecule has 0 fully saturated rings. The van der Waals surface area contributed by atoms with Crippen LogP contribution in [0.2, 0.25) is 0 Å². The van der Waals surface area contributed by atoms with E-state index in [9.17, 15) is 0 Å². The van der Waals surface area contributed by atoms with Crippen LogP contribution in [0, 0.1) is 10.1 Å². The lowest BCUT2D eigenvalue weighted by atomic mass is 10.5. The van der Waals surface area contributed by atoms with Crippen LogP contribution in [0.25, 0.3) is 0 Å². The zero-order chi connectivity index (χ0) is 9.82. The molecule has 0 unspecified atom stereocenters. The van der Waals surface area contributed by atoms with E-state index in [-0.39, 0.29) is 0 Å². The van der Waals surface area contributed by atoms with Gasteiger partial charge in [0.05, 0.1) is 0 Å². The quantitative estimate of drug-likeness (QED) is 0.442. The highest BCUT2D eigenvalue weighted by Gasteiger charge is 1.58. The molecule has 4 heteroatoms. The van der Waals surface area contributed by atoms with Gasteiger partial charge >= 0.3 is 0 Å². The molecule has 1 aromatic rings. The van der Waals surface area contributed by atoms with Crippen LogP contribution in [0.4, 0.5) is 0 Å². The van der Waals surface area contributed by atoms with Gasteiger partial charge in [-0.05, 0) is 12.1 Å². The Hall–Kier alpha value is -1.45. The monoisotopic (exact) mass is 170 g/mol. The van der Waals surface area contributed by atoms with Crippen LogP contribution in [0.3, 0.4) is 0 Å². The Morgan fingerprint density at radius 1 is 1.17 bits per heavy atom. The zero-order valence-electron chi connectivity index (χ0n) is 7.60. The summed E-state index contributed by atoms with van der Waals surface area (Å²) < 4.78 is 0. The van der Waals surface area contributed by atoms with Crippen molar-refractivity contribution in [1.29, 1.82) is 0 Å². The molecule has 68 valence electrons. The van der Waals surface area contributed by atoms with Crippen molar-refractivity contribution in [2.24, 2.45) is 0 Å². The Morgan fingerprint density at radius 2 is 1.50 bits per heavy atom. The third kappa shape index (κ3) is 23.5. The normalized spacial score (nSPS) is 6.58. The number of aromatic nitrogens is 1. The Morgan fingerprint density at radius 3 is 1.58 bits per heavy atom. The molecule has 0 radical (unpaired) electrons. The highest BCUT2D eigenvalue weighted by atomic mass is 16.6. The van der Waals surface area contributed by atoms with Crippen molar-refractivity contribution in [3.8, 4) is 0 Å². The van der Waals surface area contributed by atoms with Gasteiger partial charge in [0.2, 0.25) is 0 Å². The molecule has 0 aliphatic heterocycles. The summed E-state index contributed by atoms with van der Waals surface area (Å²) in [5, 5.41) is 8.81. The molecule has 0 aromatic carbocycles. The summed E-state index contributed by atoms with van der Waals surface area (Å²) in [6.45, 7) is 4.00. The van der Waals surface area contributed by atoms with E-state index in [1.165, 1.54) is 0 Å². The lowest BCUT2D eigenvalue weighted by molar-refractivity contribution is -0.445. The Labute approximate surface area is 72.4 Å². The van der Waals surface area contributed by atoms with Gasteiger partial charge in [-0.15, -0.1) is 0 Å². The van der Waals surface area contributed by atoms with E-state index in [1.54, 1.807) is 12.4 Å². The van der Waals surface area contributed by atoms with Crippen LogP contribution in [-0.4, -0.2) is 17.0 Å². The van der Waals surface area contributed by atoms with E-state index >= 15 is 0 Å². The van der Waals surface area contributed by atoms with Crippen LogP contribution in [0.5, 0.6) is 0 Å². The summed E-state index contributed by atoms with van der Waals surface area (Å²) in [6, 6.07) is 5.72. The van der Waals surface area contributed by atoms with Gasteiger partial charge in [0, 0.05) is 17.3 Å². The van der Waals surface area contributed by atoms with Crippen LogP contribution in [0.1, 0.15) is 13.8 Å². The second-order valence-corrected chi connectivity index (χ2v) is 1.46. The van der Waals surface area contributed by atoms with Crippen LogP contribution in [-0.2, 0) is 0 Å². The summed E-state index contributed by atoms with van der Waals surface area (Å²) in [5.41, 5.74) is 0. The van der Waals surface area contributed by atoms with E-state index in [2.05, 4.69) is 4.98 Å². The molecule has 4 nitrogen and oxygen atoms in total. The first-order valence-electron chi connectivity index (χ1n) is 3.66. The fraction of sp³-hybridized carbons (Fsp3) is 0.375. The van der Waals surface area contributed by atoms with E-state index in [4.69, 9.17) is 10.1 Å².